The number of benzene rings is 2. The summed E-state index contributed by atoms with van der Waals surface area (Å²) in [4.78, 5) is 34.4. The highest BCUT2D eigenvalue weighted by atomic mass is 32.2. The van der Waals surface area contributed by atoms with Gasteiger partial charge in [-0.3, -0.25) is 19.3 Å². The Morgan fingerprint density at radius 3 is 2.53 bits per heavy atom. The first-order chi connectivity index (χ1) is 14.3. The summed E-state index contributed by atoms with van der Waals surface area (Å²) in [7, 11) is 5.39. The Morgan fingerprint density at radius 1 is 1.13 bits per heavy atom. The minimum absolute atomic E-state index is 0.0142. The smallest absolute Gasteiger partial charge is 0.330 e. The van der Waals surface area contributed by atoms with Crippen LogP contribution in [0, 0.1) is 0 Å². The molecule has 1 aliphatic heterocycles. The molecule has 0 saturated heterocycles. The lowest BCUT2D eigenvalue weighted by molar-refractivity contribution is 0.416. The van der Waals surface area contributed by atoms with Gasteiger partial charge in [-0.1, -0.05) is 24.3 Å². The van der Waals surface area contributed by atoms with Crippen LogP contribution in [-0.2, 0) is 7.05 Å². The predicted octanol–water partition coefficient (Wildman–Crippen LogP) is 3.20. The molecule has 8 heteroatoms. The molecule has 0 bridgehead atoms. The maximum absolute atomic E-state index is 12.6. The highest BCUT2D eigenvalue weighted by molar-refractivity contribution is 7.99. The highest BCUT2D eigenvalue weighted by Crippen LogP contribution is 2.45. The van der Waals surface area contributed by atoms with Gasteiger partial charge in [0.15, 0.2) is 0 Å². The van der Waals surface area contributed by atoms with E-state index < -0.39 is 11.2 Å². The molecule has 0 unspecified atom stereocenters. The van der Waals surface area contributed by atoms with Crippen LogP contribution < -0.4 is 16.1 Å². The van der Waals surface area contributed by atoms with Crippen molar-refractivity contribution in [3.8, 4) is 5.88 Å². The number of thioether (sulfide) groups is 1. The van der Waals surface area contributed by atoms with Crippen molar-refractivity contribution in [2.75, 3.05) is 19.0 Å². The van der Waals surface area contributed by atoms with Gasteiger partial charge in [-0.2, -0.15) is 0 Å². The van der Waals surface area contributed by atoms with E-state index in [2.05, 4.69) is 29.2 Å². The van der Waals surface area contributed by atoms with Crippen molar-refractivity contribution in [3.05, 3.63) is 80.5 Å². The zero-order valence-electron chi connectivity index (χ0n) is 16.9. The molecule has 0 spiro atoms. The van der Waals surface area contributed by atoms with Crippen molar-refractivity contribution in [2.24, 2.45) is 12.0 Å². The van der Waals surface area contributed by atoms with Gasteiger partial charge in [-0.25, -0.2) is 4.79 Å². The van der Waals surface area contributed by atoms with E-state index in [1.54, 1.807) is 11.8 Å². The Morgan fingerprint density at radius 2 is 1.83 bits per heavy atom. The number of anilines is 1. The van der Waals surface area contributed by atoms with Crippen LogP contribution in [0.25, 0.3) is 0 Å². The predicted molar refractivity (Wildman–Crippen MR) is 121 cm³/mol. The first kappa shape index (κ1) is 20.0. The summed E-state index contributed by atoms with van der Waals surface area (Å²) in [6.45, 7) is 0. The Labute approximate surface area is 177 Å². The molecule has 7 nitrogen and oxygen atoms in total. The summed E-state index contributed by atoms with van der Waals surface area (Å²) in [6.07, 6.45) is 0.426. The van der Waals surface area contributed by atoms with Gasteiger partial charge in [0.05, 0.1) is 11.4 Å². The standard InChI is InChI=1S/C22H22N4O3S/c1-25(2)14-10-8-13(9-11-14)18-12-16(23-15-6-4-5-7-17(15)30-18)19-20(27)24-22(29)26(3)21(19)28/h4-11,18,28H,12H2,1-3H3,(H,24,27,29)/t18-/m1/s1. The van der Waals surface area contributed by atoms with E-state index in [4.69, 9.17) is 4.99 Å². The molecule has 30 heavy (non-hydrogen) atoms. The van der Waals surface area contributed by atoms with Crippen LogP contribution in [0.15, 0.2) is 68.0 Å². The average Bonchev–Trinajstić information content (AvgIpc) is 2.92. The number of rotatable bonds is 3. The van der Waals surface area contributed by atoms with Crippen molar-refractivity contribution in [1.29, 1.82) is 0 Å². The van der Waals surface area contributed by atoms with E-state index in [0.29, 0.717) is 12.1 Å². The molecule has 0 amide bonds. The number of hydrogen-bond donors (Lipinski definition) is 2. The topological polar surface area (TPSA) is 90.7 Å². The van der Waals surface area contributed by atoms with Crippen molar-refractivity contribution in [3.63, 3.8) is 0 Å². The third-order valence-corrected chi connectivity index (χ3v) is 6.45. The molecule has 3 aromatic rings. The Kier molecular flexibility index (Phi) is 5.26. The van der Waals surface area contributed by atoms with Crippen LogP contribution >= 0.6 is 11.8 Å². The molecular weight excluding hydrogens is 400 g/mol. The van der Waals surface area contributed by atoms with E-state index in [1.165, 1.54) is 7.05 Å². The number of H-pyrrole nitrogens is 1. The number of hydrogen-bond acceptors (Lipinski definition) is 6. The molecule has 2 heterocycles. The molecule has 2 N–H and O–H groups in total. The third-order valence-electron chi connectivity index (χ3n) is 5.13. The minimum atomic E-state index is -0.666. The normalized spacial score (nSPS) is 15.8. The number of aromatic nitrogens is 2. The van der Waals surface area contributed by atoms with Crippen molar-refractivity contribution >= 4 is 28.8 Å². The van der Waals surface area contributed by atoms with E-state index in [9.17, 15) is 14.7 Å². The lowest BCUT2D eigenvalue weighted by Crippen LogP contribution is -2.32. The Hall–Kier alpha value is -3.26. The first-order valence-electron chi connectivity index (χ1n) is 9.48. The van der Waals surface area contributed by atoms with Crippen molar-refractivity contribution < 1.29 is 5.11 Å². The lowest BCUT2D eigenvalue weighted by atomic mass is 10.0. The largest absolute Gasteiger partial charge is 0.494 e. The van der Waals surface area contributed by atoms with E-state index in [1.807, 2.05) is 43.3 Å². The van der Waals surface area contributed by atoms with Gasteiger partial charge in [0, 0.05) is 43.4 Å². The van der Waals surface area contributed by atoms with E-state index in [-0.39, 0.29) is 16.7 Å². The molecule has 2 aromatic carbocycles. The summed E-state index contributed by atoms with van der Waals surface area (Å²) >= 11 is 1.67. The average molecular weight is 423 g/mol. The molecule has 1 atom stereocenters. The van der Waals surface area contributed by atoms with Gasteiger partial charge in [0.25, 0.3) is 5.56 Å². The Balaban J connectivity index is 1.85. The third kappa shape index (κ3) is 3.66. The summed E-state index contributed by atoms with van der Waals surface area (Å²) < 4.78 is 1.02. The fourth-order valence-corrected chi connectivity index (χ4v) is 4.64. The summed E-state index contributed by atoms with van der Waals surface area (Å²) in [5.41, 5.74) is 2.10. The first-order valence-corrected chi connectivity index (χ1v) is 10.4. The van der Waals surface area contributed by atoms with Crippen LogP contribution in [0.1, 0.15) is 22.8 Å². The highest BCUT2D eigenvalue weighted by Gasteiger charge is 2.26. The number of aromatic hydroxyl groups is 1. The molecule has 154 valence electrons. The maximum Gasteiger partial charge on any atom is 0.330 e. The van der Waals surface area contributed by atoms with Gasteiger partial charge >= 0.3 is 5.69 Å². The van der Waals surface area contributed by atoms with Gasteiger partial charge in [0.1, 0.15) is 5.56 Å². The summed E-state index contributed by atoms with van der Waals surface area (Å²) in [5.74, 6) is -0.381. The number of nitrogens with one attached hydrogen (secondary N) is 1. The molecule has 0 saturated carbocycles. The second kappa shape index (κ2) is 7.87. The number of nitrogens with zero attached hydrogens (tertiary/aromatic N) is 3. The molecule has 0 radical (unpaired) electrons. The molecule has 1 aliphatic rings. The van der Waals surface area contributed by atoms with E-state index in [0.717, 1.165) is 26.4 Å². The fourth-order valence-electron chi connectivity index (χ4n) is 3.41. The second-order valence-corrected chi connectivity index (χ2v) is 8.58. The molecular formula is C22H22N4O3S. The SMILES string of the molecule is CN(C)c1ccc([C@H]2CC(c3c(O)n(C)c(=O)[nH]c3=O)=Nc3ccccc3S2)cc1. The van der Waals surface area contributed by atoms with Crippen LogP contribution in [0.2, 0.25) is 0 Å². The quantitative estimate of drug-likeness (QED) is 0.676. The molecule has 0 aliphatic carbocycles. The van der Waals surface area contributed by atoms with Crippen LogP contribution in [0.3, 0.4) is 0 Å². The van der Waals surface area contributed by atoms with Gasteiger partial charge in [-0.05, 0) is 29.8 Å². The molecule has 0 fully saturated rings. The van der Waals surface area contributed by atoms with Gasteiger partial charge in [0.2, 0.25) is 5.88 Å². The molecule has 1 aromatic heterocycles. The summed E-state index contributed by atoms with van der Waals surface area (Å²) in [6, 6.07) is 16.0. The number of fused-ring (bicyclic) bond motifs is 1. The zero-order chi connectivity index (χ0) is 21.4. The number of para-hydroxylation sites is 1. The summed E-state index contributed by atoms with van der Waals surface area (Å²) in [5, 5.41) is 10.5. The van der Waals surface area contributed by atoms with Crippen molar-refractivity contribution in [1.82, 2.24) is 9.55 Å². The van der Waals surface area contributed by atoms with Crippen molar-refractivity contribution in [2.45, 2.75) is 16.6 Å². The fraction of sp³-hybridized carbons (Fsp3) is 0.227. The zero-order valence-corrected chi connectivity index (χ0v) is 17.7. The number of aromatic amines is 1. The van der Waals surface area contributed by atoms with Gasteiger partial charge < -0.3 is 10.0 Å². The van der Waals surface area contributed by atoms with Crippen LogP contribution in [-0.4, -0.2) is 34.5 Å². The monoisotopic (exact) mass is 422 g/mol. The van der Waals surface area contributed by atoms with Crippen LogP contribution in [0.4, 0.5) is 11.4 Å². The number of aliphatic imine (C=N–C) groups is 1. The Bertz CT molecular complexity index is 1240. The minimum Gasteiger partial charge on any atom is -0.494 e. The second-order valence-electron chi connectivity index (χ2n) is 7.34. The lowest BCUT2D eigenvalue weighted by Gasteiger charge is -2.18. The molecule has 4 rings (SSSR count). The van der Waals surface area contributed by atoms with Crippen LogP contribution in [0.5, 0.6) is 5.88 Å². The van der Waals surface area contributed by atoms with Gasteiger partial charge in [-0.15, -0.1) is 11.8 Å². The maximum atomic E-state index is 12.6. The van der Waals surface area contributed by atoms with E-state index >= 15 is 0 Å².